The van der Waals surface area contributed by atoms with Crippen LogP contribution in [0.3, 0.4) is 0 Å². The highest BCUT2D eigenvalue weighted by Gasteiger charge is 2.47. The van der Waals surface area contributed by atoms with Crippen molar-refractivity contribution in [2.75, 3.05) is 32.7 Å². The van der Waals surface area contributed by atoms with Crippen LogP contribution in [0.15, 0.2) is 0 Å². The first-order chi connectivity index (χ1) is 9.59. The number of nitrogens with one attached hydrogen (secondary N) is 2. The lowest BCUT2D eigenvalue weighted by atomic mass is 9.88. The van der Waals surface area contributed by atoms with Gasteiger partial charge in [0.05, 0.1) is 6.54 Å². The molecule has 3 aliphatic heterocycles. The van der Waals surface area contributed by atoms with Gasteiger partial charge in [0.2, 0.25) is 5.91 Å². The maximum atomic E-state index is 12.1. The van der Waals surface area contributed by atoms with Crippen LogP contribution in [-0.2, 0) is 9.59 Å². The quantitative estimate of drug-likeness (QED) is 0.654. The minimum absolute atomic E-state index is 0.179. The second-order valence-corrected chi connectivity index (χ2v) is 5.85. The van der Waals surface area contributed by atoms with Crippen LogP contribution in [0, 0.1) is 0 Å². The third-order valence-electron chi connectivity index (χ3n) is 4.54. The maximum Gasteiger partial charge on any atom is 0.322 e. The summed E-state index contributed by atoms with van der Waals surface area (Å²) in [6.07, 6.45) is 3.33. The Kier molecular flexibility index (Phi) is 3.37. The molecule has 3 fully saturated rings. The fraction of sp³-hybridized carbons (Fsp3) is 0.769. The summed E-state index contributed by atoms with van der Waals surface area (Å²) in [4.78, 5) is 39.1. The van der Waals surface area contributed by atoms with Crippen LogP contribution in [-0.4, -0.2) is 65.9 Å². The van der Waals surface area contributed by atoms with E-state index in [9.17, 15) is 14.4 Å². The number of nitrogens with zero attached hydrogens (tertiary/aromatic N) is 2. The molecule has 3 saturated heterocycles. The summed E-state index contributed by atoms with van der Waals surface area (Å²) in [7, 11) is 0. The van der Waals surface area contributed by atoms with E-state index in [1.54, 1.807) is 0 Å². The molecule has 2 N–H and O–H groups in total. The van der Waals surface area contributed by atoms with Crippen molar-refractivity contribution in [1.29, 1.82) is 0 Å². The Balaban J connectivity index is 1.52. The Morgan fingerprint density at radius 1 is 1.10 bits per heavy atom. The number of likely N-dealkylation sites (tertiary alicyclic amines) is 2. The molecule has 0 radical (unpaired) electrons. The Labute approximate surface area is 117 Å². The first-order valence-electron chi connectivity index (χ1n) is 7.23. The number of piperidine rings is 1. The minimum atomic E-state index is -0.746. The standard InChI is InChI=1S/C13H20N4O3/c18-10(17-5-1-2-6-17)9-16-7-3-13(4-8-16)11(19)14-12(20)15-13/h1-9H2,(H2,14,15,19,20). The first kappa shape index (κ1) is 13.4. The predicted molar refractivity (Wildman–Crippen MR) is 70.9 cm³/mol. The van der Waals surface area contributed by atoms with E-state index < -0.39 is 11.6 Å². The number of hydrogen-bond acceptors (Lipinski definition) is 4. The number of hydrogen-bond donors (Lipinski definition) is 2. The smallest absolute Gasteiger partial charge is 0.322 e. The van der Waals surface area contributed by atoms with Gasteiger partial charge in [-0.1, -0.05) is 0 Å². The third kappa shape index (κ3) is 2.37. The molecule has 0 aliphatic carbocycles. The van der Waals surface area contributed by atoms with E-state index in [4.69, 9.17) is 0 Å². The van der Waals surface area contributed by atoms with Gasteiger partial charge in [-0.25, -0.2) is 4.79 Å². The second kappa shape index (κ2) is 5.05. The molecule has 7 nitrogen and oxygen atoms in total. The Bertz CT molecular complexity index is 437. The highest BCUT2D eigenvalue weighted by atomic mass is 16.2. The van der Waals surface area contributed by atoms with Gasteiger partial charge in [-0.05, 0) is 25.7 Å². The number of rotatable bonds is 2. The van der Waals surface area contributed by atoms with Crippen LogP contribution < -0.4 is 10.6 Å². The third-order valence-corrected chi connectivity index (χ3v) is 4.54. The van der Waals surface area contributed by atoms with Gasteiger partial charge in [-0.15, -0.1) is 0 Å². The normalized spacial score (nSPS) is 25.9. The molecule has 0 bridgehead atoms. The molecule has 1 spiro atoms. The maximum absolute atomic E-state index is 12.1. The van der Waals surface area contributed by atoms with Crippen molar-refractivity contribution < 1.29 is 14.4 Å². The largest absolute Gasteiger partial charge is 0.342 e. The lowest BCUT2D eigenvalue weighted by molar-refractivity contribution is -0.132. The summed E-state index contributed by atoms with van der Waals surface area (Å²) in [5, 5.41) is 5.02. The average molecular weight is 280 g/mol. The van der Waals surface area contributed by atoms with E-state index in [2.05, 4.69) is 15.5 Å². The van der Waals surface area contributed by atoms with Crippen molar-refractivity contribution in [3.05, 3.63) is 0 Å². The Morgan fingerprint density at radius 2 is 1.75 bits per heavy atom. The van der Waals surface area contributed by atoms with Gasteiger partial charge in [0, 0.05) is 26.2 Å². The van der Waals surface area contributed by atoms with E-state index in [-0.39, 0.29) is 11.8 Å². The molecule has 3 heterocycles. The van der Waals surface area contributed by atoms with Crippen molar-refractivity contribution in [3.8, 4) is 0 Å². The highest BCUT2D eigenvalue weighted by Crippen LogP contribution is 2.25. The lowest BCUT2D eigenvalue weighted by Crippen LogP contribution is -2.56. The number of carbonyl (C=O) groups is 3. The van der Waals surface area contributed by atoms with Gasteiger partial charge in [0.25, 0.3) is 5.91 Å². The van der Waals surface area contributed by atoms with Gasteiger partial charge in [0.1, 0.15) is 5.54 Å². The van der Waals surface area contributed by atoms with Crippen LogP contribution in [0.5, 0.6) is 0 Å². The molecule has 0 atom stereocenters. The van der Waals surface area contributed by atoms with Crippen molar-refractivity contribution in [3.63, 3.8) is 0 Å². The summed E-state index contributed by atoms with van der Waals surface area (Å²) >= 11 is 0. The number of urea groups is 1. The molecule has 0 saturated carbocycles. The first-order valence-corrected chi connectivity index (χ1v) is 7.23. The molecule has 3 rings (SSSR count). The van der Waals surface area contributed by atoms with Crippen LogP contribution >= 0.6 is 0 Å². The summed E-state index contributed by atoms with van der Waals surface area (Å²) in [5.41, 5.74) is -0.746. The second-order valence-electron chi connectivity index (χ2n) is 5.85. The fourth-order valence-electron chi connectivity index (χ4n) is 3.23. The summed E-state index contributed by atoms with van der Waals surface area (Å²) in [6, 6.07) is -0.406. The van der Waals surface area contributed by atoms with E-state index in [1.165, 1.54) is 0 Å². The van der Waals surface area contributed by atoms with Gasteiger partial charge < -0.3 is 10.2 Å². The zero-order valence-electron chi connectivity index (χ0n) is 11.5. The molecular weight excluding hydrogens is 260 g/mol. The van der Waals surface area contributed by atoms with Crippen molar-refractivity contribution in [2.24, 2.45) is 0 Å². The molecule has 0 aromatic heterocycles. The van der Waals surface area contributed by atoms with Gasteiger partial charge in [-0.3, -0.25) is 19.8 Å². The average Bonchev–Trinajstić information content (AvgIpc) is 3.02. The molecule has 0 unspecified atom stereocenters. The number of imide groups is 1. The zero-order valence-corrected chi connectivity index (χ0v) is 11.5. The van der Waals surface area contributed by atoms with E-state index >= 15 is 0 Å². The zero-order chi connectivity index (χ0) is 14.2. The minimum Gasteiger partial charge on any atom is -0.342 e. The van der Waals surface area contributed by atoms with Gasteiger partial charge in [0.15, 0.2) is 0 Å². The molecule has 110 valence electrons. The van der Waals surface area contributed by atoms with Gasteiger partial charge in [-0.2, -0.15) is 0 Å². The molecule has 3 aliphatic rings. The van der Waals surface area contributed by atoms with Crippen LogP contribution in [0.1, 0.15) is 25.7 Å². The van der Waals surface area contributed by atoms with E-state index in [0.717, 1.165) is 25.9 Å². The Hall–Kier alpha value is -1.63. The number of amides is 4. The van der Waals surface area contributed by atoms with Gasteiger partial charge >= 0.3 is 6.03 Å². The Morgan fingerprint density at radius 3 is 2.30 bits per heavy atom. The lowest BCUT2D eigenvalue weighted by Gasteiger charge is -2.37. The molecule has 20 heavy (non-hydrogen) atoms. The summed E-state index contributed by atoms with van der Waals surface area (Å²) in [6.45, 7) is 3.48. The van der Waals surface area contributed by atoms with Crippen LogP contribution in [0.4, 0.5) is 4.79 Å². The highest BCUT2D eigenvalue weighted by molar-refractivity contribution is 6.07. The van der Waals surface area contributed by atoms with Crippen LogP contribution in [0.2, 0.25) is 0 Å². The SMILES string of the molecule is O=C1NC(=O)C2(CCN(CC(=O)N3CCCC3)CC2)N1. The van der Waals surface area contributed by atoms with Crippen molar-refractivity contribution >= 4 is 17.8 Å². The van der Waals surface area contributed by atoms with Crippen molar-refractivity contribution in [2.45, 2.75) is 31.2 Å². The fourth-order valence-corrected chi connectivity index (χ4v) is 3.23. The molecule has 0 aromatic rings. The molecule has 7 heteroatoms. The topological polar surface area (TPSA) is 81.8 Å². The molecule has 0 aromatic carbocycles. The van der Waals surface area contributed by atoms with Crippen molar-refractivity contribution in [1.82, 2.24) is 20.4 Å². The van der Waals surface area contributed by atoms with E-state index in [0.29, 0.717) is 32.5 Å². The van der Waals surface area contributed by atoms with Crippen LogP contribution in [0.25, 0.3) is 0 Å². The van der Waals surface area contributed by atoms with E-state index in [1.807, 2.05) is 4.90 Å². The predicted octanol–water partition coefficient (Wildman–Crippen LogP) is -0.717. The molecule has 4 amide bonds. The summed E-state index contributed by atoms with van der Waals surface area (Å²) in [5.74, 6) is -0.0496. The monoisotopic (exact) mass is 280 g/mol. The molecular formula is C13H20N4O3. The number of carbonyl (C=O) groups excluding carboxylic acids is 3. The summed E-state index contributed by atoms with van der Waals surface area (Å²) < 4.78 is 0.